The minimum Gasteiger partial charge on any atom is -0.463 e. The van der Waals surface area contributed by atoms with Gasteiger partial charge in [0.05, 0.1) is 28.5 Å². The average molecular weight is 463 g/mol. The van der Waals surface area contributed by atoms with Gasteiger partial charge in [0.15, 0.2) is 16.3 Å². The number of aromatic nitrogens is 1. The number of rotatable bonds is 4. The Morgan fingerprint density at radius 1 is 1.18 bits per heavy atom. The van der Waals surface area contributed by atoms with Crippen molar-refractivity contribution < 1.29 is 19.0 Å². The molecule has 0 radical (unpaired) electrons. The van der Waals surface area contributed by atoms with Crippen molar-refractivity contribution >= 4 is 23.4 Å². The Kier molecular flexibility index (Phi) is 5.38. The van der Waals surface area contributed by atoms with Crippen molar-refractivity contribution in [2.75, 3.05) is 13.4 Å². The Labute approximate surface area is 193 Å². The highest BCUT2D eigenvalue weighted by atomic mass is 32.1. The van der Waals surface area contributed by atoms with Gasteiger partial charge in [0.25, 0.3) is 5.56 Å². The number of hydrogen-bond acceptors (Lipinski definition) is 7. The Morgan fingerprint density at radius 3 is 2.70 bits per heavy atom. The molecule has 5 rings (SSSR count). The van der Waals surface area contributed by atoms with Crippen molar-refractivity contribution in [2.45, 2.75) is 26.8 Å². The van der Waals surface area contributed by atoms with Gasteiger partial charge >= 0.3 is 5.97 Å². The average Bonchev–Trinajstić information content (AvgIpc) is 3.37. The van der Waals surface area contributed by atoms with E-state index in [0.717, 1.165) is 16.7 Å². The lowest BCUT2D eigenvalue weighted by Crippen LogP contribution is -2.39. The number of esters is 1. The second kappa shape index (κ2) is 8.37. The molecular weight excluding hydrogens is 440 g/mol. The molecule has 0 fully saturated rings. The van der Waals surface area contributed by atoms with Crippen LogP contribution in [-0.2, 0) is 9.53 Å². The van der Waals surface area contributed by atoms with E-state index in [4.69, 9.17) is 14.2 Å². The van der Waals surface area contributed by atoms with Gasteiger partial charge < -0.3 is 14.2 Å². The van der Waals surface area contributed by atoms with Crippen molar-refractivity contribution in [1.82, 2.24) is 4.57 Å². The molecule has 0 saturated heterocycles. The molecule has 7 nitrogen and oxygen atoms in total. The molecule has 33 heavy (non-hydrogen) atoms. The van der Waals surface area contributed by atoms with E-state index in [9.17, 15) is 9.59 Å². The lowest BCUT2D eigenvalue weighted by atomic mass is 9.95. The number of ether oxygens (including phenoxy) is 3. The largest absolute Gasteiger partial charge is 0.463 e. The fourth-order valence-electron chi connectivity index (χ4n) is 4.01. The molecule has 0 amide bonds. The molecule has 168 valence electrons. The molecule has 0 aliphatic carbocycles. The van der Waals surface area contributed by atoms with Crippen LogP contribution in [0.5, 0.6) is 11.5 Å². The topological polar surface area (TPSA) is 79.1 Å². The Bertz CT molecular complexity index is 1460. The highest BCUT2D eigenvalue weighted by molar-refractivity contribution is 7.07. The van der Waals surface area contributed by atoms with E-state index in [-0.39, 0.29) is 19.0 Å². The zero-order valence-electron chi connectivity index (χ0n) is 18.5. The third-order valence-corrected chi connectivity index (χ3v) is 6.59. The third-order valence-electron chi connectivity index (χ3n) is 5.60. The van der Waals surface area contributed by atoms with Crippen LogP contribution in [0.2, 0.25) is 0 Å². The van der Waals surface area contributed by atoms with Crippen LogP contribution in [0.1, 0.15) is 36.6 Å². The Morgan fingerprint density at radius 2 is 1.94 bits per heavy atom. The summed E-state index contributed by atoms with van der Waals surface area (Å²) < 4.78 is 18.3. The number of benzene rings is 2. The van der Waals surface area contributed by atoms with Crippen molar-refractivity contribution in [3.05, 3.63) is 90.1 Å². The van der Waals surface area contributed by atoms with Crippen LogP contribution in [0, 0.1) is 6.92 Å². The SMILES string of the molecule is CCOC(=O)C1=C(C)N=c2s/c(=C/c3ccc4c(c3)OCO4)c(=O)n2[C@H]1c1ccc(C)cc1. The van der Waals surface area contributed by atoms with Crippen molar-refractivity contribution in [2.24, 2.45) is 4.99 Å². The van der Waals surface area contributed by atoms with E-state index in [1.165, 1.54) is 11.3 Å². The molecule has 2 aromatic carbocycles. The predicted molar refractivity (Wildman–Crippen MR) is 124 cm³/mol. The number of aryl methyl sites for hydroxylation is 1. The van der Waals surface area contributed by atoms with Gasteiger partial charge in [0.2, 0.25) is 6.79 Å². The first kappa shape index (κ1) is 21.2. The molecule has 0 saturated carbocycles. The second-order valence-electron chi connectivity index (χ2n) is 7.83. The lowest BCUT2D eigenvalue weighted by Gasteiger charge is -2.24. The molecule has 8 heteroatoms. The van der Waals surface area contributed by atoms with E-state index in [1.807, 2.05) is 49.4 Å². The Hall–Kier alpha value is -3.65. The van der Waals surface area contributed by atoms with Gasteiger partial charge in [-0.2, -0.15) is 0 Å². The first-order valence-corrected chi connectivity index (χ1v) is 11.4. The zero-order chi connectivity index (χ0) is 23.1. The maximum atomic E-state index is 13.6. The molecule has 2 aliphatic rings. The summed E-state index contributed by atoms with van der Waals surface area (Å²) in [6.45, 7) is 5.96. The van der Waals surface area contributed by atoms with Gasteiger partial charge in [0.1, 0.15) is 0 Å². The van der Waals surface area contributed by atoms with Gasteiger partial charge in [-0.05, 0) is 50.1 Å². The first-order valence-electron chi connectivity index (χ1n) is 10.6. The van der Waals surface area contributed by atoms with Crippen LogP contribution in [0.15, 0.2) is 63.5 Å². The second-order valence-corrected chi connectivity index (χ2v) is 8.83. The van der Waals surface area contributed by atoms with Crippen LogP contribution < -0.4 is 24.4 Å². The van der Waals surface area contributed by atoms with Crippen LogP contribution in [0.3, 0.4) is 0 Å². The monoisotopic (exact) mass is 462 g/mol. The van der Waals surface area contributed by atoms with Gasteiger partial charge in [-0.1, -0.05) is 47.2 Å². The fourth-order valence-corrected chi connectivity index (χ4v) is 5.06. The Balaban J connectivity index is 1.69. The minimum absolute atomic E-state index is 0.188. The van der Waals surface area contributed by atoms with Gasteiger partial charge in [-0.3, -0.25) is 9.36 Å². The highest BCUT2D eigenvalue weighted by Gasteiger charge is 2.33. The van der Waals surface area contributed by atoms with E-state index in [0.29, 0.717) is 32.1 Å². The molecule has 3 aromatic rings. The number of allylic oxidation sites excluding steroid dienone is 1. The number of carbonyl (C=O) groups excluding carboxylic acids is 1. The molecule has 1 atom stereocenters. The summed E-state index contributed by atoms with van der Waals surface area (Å²) in [4.78, 5) is 31.6. The maximum absolute atomic E-state index is 13.6. The zero-order valence-corrected chi connectivity index (χ0v) is 19.3. The normalized spacial score (nSPS) is 17.1. The van der Waals surface area contributed by atoms with Gasteiger partial charge in [-0.15, -0.1) is 0 Å². The van der Waals surface area contributed by atoms with Crippen LogP contribution in [0.4, 0.5) is 0 Å². The van der Waals surface area contributed by atoms with E-state index >= 15 is 0 Å². The number of carbonyl (C=O) groups is 1. The standard InChI is InChI=1S/C25H22N2O5S/c1-4-30-24(29)21-15(3)26-25-27(22(21)17-8-5-14(2)6-9-17)23(28)20(33-25)12-16-7-10-18-19(11-16)32-13-31-18/h5-12,22H,4,13H2,1-3H3/b20-12+/t22-/m0/s1. The van der Waals surface area contributed by atoms with Gasteiger partial charge in [-0.25, -0.2) is 9.79 Å². The molecule has 2 aliphatic heterocycles. The molecule has 1 aromatic heterocycles. The van der Waals surface area contributed by atoms with E-state index < -0.39 is 12.0 Å². The number of nitrogens with zero attached hydrogens (tertiary/aromatic N) is 2. The van der Waals surface area contributed by atoms with Gasteiger partial charge in [0, 0.05) is 0 Å². The first-order chi connectivity index (χ1) is 16.0. The number of thiazole rings is 1. The quantitative estimate of drug-likeness (QED) is 0.557. The van der Waals surface area contributed by atoms with E-state index in [1.54, 1.807) is 24.5 Å². The van der Waals surface area contributed by atoms with E-state index in [2.05, 4.69) is 4.99 Å². The summed E-state index contributed by atoms with van der Waals surface area (Å²) in [5.74, 6) is 0.867. The van der Waals surface area contributed by atoms with Crippen molar-refractivity contribution in [1.29, 1.82) is 0 Å². The smallest absolute Gasteiger partial charge is 0.338 e. The predicted octanol–water partition coefficient (Wildman–Crippen LogP) is 2.84. The summed E-state index contributed by atoms with van der Waals surface area (Å²) in [6, 6.07) is 12.7. The molecule has 0 unspecified atom stereocenters. The lowest BCUT2D eigenvalue weighted by molar-refractivity contribution is -0.139. The van der Waals surface area contributed by atoms with Crippen molar-refractivity contribution in [3.8, 4) is 11.5 Å². The highest BCUT2D eigenvalue weighted by Crippen LogP contribution is 2.33. The maximum Gasteiger partial charge on any atom is 0.338 e. The summed E-state index contributed by atoms with van der Waals surface area (Å²) >= 11 is 1.29. The third kappa shape index (κ3) is 3.76. The minimum atomic E-state index is -0.611. The van der Waals surface area contributed by atoms with Crippen LogP contribution in [-0.4, -0.2) is 23.9 Å². The number of hydrogen-bond donors (Lipinski definition) is 0. The van der Waals surface area contributed by atoms with Crippen molar-refractivity contribution in [3.63, 3.8) is 0 Å². The molecule has 0 bridgehead atoms. The fraction of sp³-hybridized carbons (Fsp3) is 0.240. The summed E-state index contributed by atoms with van der Waals surface area (Å²) in [6.07, 6.45) is 1.81. The molecular formula is C25H22N2O5S. The summed E-state index contributed by atoms with van der Waals surface area (Å²) in [5.41, 5.74) is 3.45. The number of fused-ring (bicyclic) bond motifs is 2. The summed E-state index contributed by atoms with van der Waals surface area (Å²) in [5, 5.41) is 0. The molecule has 3 heterocycles. The summed E-state index contributed by atoms with van der Waals surface area (Å²) in [7, 11) is 0. The molecule has 0 spiro atoms. The molecule has 0 N–H and O–H groups in total. The van der Waals surface area contributed by atoms with Crippen LogP contribution >= 0.6 is 11.3 Å². The van der Waals surface area contributed by atoms with Crippen LogP contribution in [0.25, 0.3) is 6.08 Å².